The van der Waals surface area contributed by atoms with Crippen LogP contribution >= 0.6 is 23.1 Å². The van der Waals surface area contributed by atoms with Crippen LogP contribution in [0.1, 0.15) is 41.3 Å². The fraction of sp³-hybridized carbons (Fsp3) is 0.294. The fourth-order valence-corrected chi connectivity index (χ4v) is 8.99. The van der Waals surface area contributed by atoms with Crippen molar-refractivity contribution in [3.05, 3.63) is 104 Å². The lowest BCUT2D eigenvalue weighted by Crippen LogP contribution is -2.33. The molecule has 1 saturated heterocycles. The average molecular weight is 681 g/mol. The first-order chi connectivity index (χ1) is 22.4. The molecule has 0 radical (unpaired) electrons. The minimum Gasteiger partial charge on any atom is -0.372 e. The van der Waals surface area contributed by atoms with Crippen molar-refractivity contribution in [2.24, 2.45) is 5.92 Å². The first kappa shape index (κ1) is 32.6. The van der Waals surface area contributed by atoms with Crippen LogP contribution in [0.5, 0.6) is 0 Å². The maximum atomic E-state index is 14.1. The van der Waals surface area contributed by atoms with Crippen molar-refractivity contribution in [3.8, 4) is 0 Å². The van der Waals surface area contributed by atoms with E-state index in [1.165, 1.54) is 16.7 Å². The molecule has 2 unspecified atom stereocenters. The Labute approximate surface area is 277 Å². The monoisotopic (exact) mass is 680 g/mol. The molecule has 2 aliphatic rings. The molecule has 4 aromatic rings. The number of imide groups is 1. The Morgan fingerprint density at radius 1 is 0.936 bits per heavy atom. The second-order valence-electron chi connectivity index (χ2n) is 11.4. The summed E-state index contributed by atoms with van der Waals surface area (Å²) < 4.78 is 42.1. The number of fused-ring (bicyclic) bond motifs is 2. The van der Waals surface area contributed by atoms with Gasteiger partial charge >= 0.3 is 11.0 Å². The summed E-state index contributed by atoms with van der Waals surface area (Å²) in [6.07, 6.45) is -4.67. The fourth-order valence-electron chi connectivity index (χ4n) is 6.22. The van der Waals surface area contributed by atoms with E-state index in [0.717, 1.165) is 64.5 Å². The van der Waals surface area contributed by atoms with Crippen LogP contribution in [0.25, 0.3) is 0 Å². The highest BCUT2D eigenvalue weighted by molar-refractivity contribution is 8.00. The van der Waals surface area contributed by atoms with E-state index in [1.54, 1.807) is 12.1 Å². The van der Waals surface area contributed by atoms with Gasteiger partial charge in [-0.1, -0.05) is 59.5 Å². The number of benzene rings is 3. The molecule has 1 fully saturated rings. The number of nitrogens with zero attached hydrogens (tertiary/aromatic N) is 3. The van der Waals surface area contributed by atoms with Crippen molar-refractivity contribution in [2.75, 3.05) is 28.2 Å². The van der Waals surface area contributed by atoms with Crippen LogP contribution < -0.4 is 20.0 Å². The Morgan fingerprint density at radius 2 is 1.64 bits per heavy atom. The third-order valence-electron chi connectivity index (χ3n) is 8.58. The van der Waals surface area contributed by atoms with Crippen LogP contribution in [-0.2, 0) is 27.1 Å². The van der Waals surface area contributed by atoms with Crippen LogP contribution in [0.2, 0.25) is 0 Å². The highest BCUT2D eigenvalue weighted by Gasteiger charge is 2.57. The molecule has 6 rings (SSSR count). The molecule has 3 aromatic carbocycles. The molecule has 3 heterocycles. The van der Waals surface area contributed by atoms with Crippen LogP contribution in [0.3, 0.4) is 0 Å². The Hall–Kier alpha value is -4.36. The second-order valence-corrected chi connectivity index (χ2v) is 13.5. The number of rotatable bonds is 8. The van der Waals surface area contributed by atoms with Crippen molar-refractivity contribution >= 4 is 57.9 Å². The lowest BCUT2D eigenvalue weighted by atomic mass is 9.83. The van der Waals surface area contributed by atoms with Crippen molar-refractivity contribution in [3.63, 3.8) is 0 Å². The topological polar surface area (TPSA) is 91.7 Å². The van der Waals surface area contributed by atoms with Gasteiger partial charge in [-0.05, 0) is 68.3 Å². The summed E-state index contributed by atoms with van der Waals surface area (Å²) in [5, 5.41) is 2.20. The highest BCUT2D eigenvalue weighted by atomic mass is 32.2. The summed E-state index contributed by atoms with van der Waals surface area (Å²) in [6, 6.07) is 18.9. The van der Waals surface area contributed by atoms with E-state index in [9.17, 15) is 32.3 Å². The molecule has 13 heteroatoms. The maximum absolute atomic E-state index is 14.1. The number of anilines is 3. The van der Waals surface area contributed by atoms with Crippen molar-refractivity contribution < 1.29 is 27.6 Å². The van der Waals surface area contributed by atoms with Crippen molar-refractivity contribution in [1.82, 2.24) is 4.57 Å². The van der Waals surface area contributed by atoms with Gasteiger partial charge in [0.1, 0.15) is 11.8 Å². The molecule has 0 spiro atoms. The Bertz CT molecular complexity index is 1920. The molecule has 2 aliphatic heterocycles. The highest BCUT2D eigenvalue weighted by Crippen LogP contribution is 2.54. The van der Waals surface area contributed by atoms with E-state index in [-0.39, 0.29) is 12.2 Å². The predicted octanol–water partition coefficient (Wildman–Crippen LogP) is 6.52. The van der Waals surface area contributed by atoms with Gasteiger partial charge in [-0.3, -0.25) is 23.7 Å². The summed E-state index contributed by atoms with van der Waals surface area (Å²) in [4.78, 5) is 57.8. The Morgan fingerprint density at radius 3 is 2.30 bits per heavy atom. The SMILES string of the molecule is CCN(CC)c1ccc([C@H]2c3sc(=O)n(CC(=O)Nc4ccccc4C)c3SC3C(=O)N(c4cccc(C(F)(F)F)c4)C(=O)C32)cc1. The summed E-state index contributed by atoms with van der Waals surface area (Å²) in [5.74, 6) is -3.48. The number of amides is 3. The zero-order valence-electron chi connectivity index (χ0n) is 25.7. The number of carbonyl (C=O) groups is 3. The summed E-state index contributed by atoms with van der Waals surface area (Å²) in [6.45, 7) is 7.15. The van der Waals surface area contributed by atoms with E-state index < -0.39 is 51.4 Å². The van der Waals surface area contributed by atoms with Gasteiger partial charge in [0.2, 0.25) is 17.7 Å². The molecule has 244 valence electrons. The molecule has 3 amide bonds. The van der Waals surface area contributed by atoms with Crippen molar-refractivity contribution in [1.29, 1.82) is 0 Å². The third kappa shape index (κ3) is 5.98. The van der Waals surface area contributed by atoms with E-state index in [4.69, 9.17) is 0 Å². The number of alkyl halides is 3. The number of hydrogen-bond donors (Lipinski definition) is 1. The number of thiazole rings is 1. The average Bonchev–Trinajstić information content (AvgIpc) is 3.49. The molecule has 47 heavy (non-hydrogen) atoms. The molecule has 0 aliphatic carbocycles. The Kier molecular flexibility index (Phi) is 8.79. The van der Waals surface area contributed by atoms with Gasteiger partial charge in [0.15, 0.2) is 0 Å². The van der Waals surface area contributed by atoms with Crippen LogP contribution in [-0.4, -0.2) is 40.6 Å². The van der Waals surface area contributed by atoms with Gasteiger partial charge in [-0.2, -0.15) is 13.2 Å². The van der Waals surface area contributed by atoms with Gasteiger partial charge in [-0.15, -0.1) is 0 Å². The number of halogens is 3. The summed E-state index contributed by atoms with van der Waals surface area (Å²) >= 11 is 1.92. The quantitative estimate of drug-likeness (QED) is 0.213. The molecule has 8 nitrogen and oxygen atoms in total. The minimum absolute atomic E-state index is 0.168. The zero-order valence-corrected chi connectivity index (χ0v) is 27.3. The molecule has 1 N–H and O–H groups in total. The molecular formula is C34H31F3N4O4S2. The Balaban J connectivity index is 1.42. The van der Waals surface area contributed by atoms with Crippen LogP contribution in [0, 0.1) is 12.8 Å². The first-order valence-electron chi connectivity index (χ1n) is 15.1. The van der Waals surface area contributed by atoms with Crippen molar-refractivity contribution in [2.45, 2.75) is 49.7 Å². The maximum Gasteiger partial charge on any atom is 0.416 e. The second kappa shape index (κ2) is 12.7. The largest absolute Gasteiger partial charge is 0.416 e. The zero-order chi connectivity index (χ0) is 33.6. The van der Waals surface area contributed by atoms with Gasteiger partial charge < -0.3 is 10.2 Å². The minimum atomic E-state index is -4.67. The van der Waals surface area contributed by atoms with E-state index in [0.29, 0.717) is 21.2 Å². The van der Waals surface area contributed by atoms with Gasteiger partial charge in [0.05, 0.1) is 22.2 Å². The number of para-hydroxylation sites is 1. The lowest BCUT2D eigenvalue weighted by Gasteiger charge is -2.31. The number of carbonyl (C=O) groups excluding carboxylic acids is 3. The molecule has 1 aromatic heterocycles. The summed E-state index contributed by atoms with van der Waals surface area (Å²) in [7, 11) is 0. The number of hydrogen-bond acceptors (Lipinski definition) is 7. The van der Waals surface area contributed by atoms with Crippen LogP contribution in [0.4, 0.5) is 30.2 Å². The molecule has 3 atom stereocenters. The van der Waals surface area contributed by atoms with Crippen LogP contribution in [0.15, 0.2) is 82.6 Å². The lowest BCUT2D eigenvalue weighted by molar-refractivity contribution is -0.137. The normalized spacial score (nSPS) is 19.0. The van der Waals surface area contributed by atoms with E-state index in [2.05, 4.69) is 10.2 Å². The first-order valence-corrected chi connectivity index (χ1v) is 16.8. The number of aromatic nitrogens is 1. The van der Waals surface area contributed by atoms with E-state index >= 15 is 0 Å². The molecule has 0 saturated carbocycles. The van der Waals surface area contributed by atoms with Gasteiger partial charge in [-0.25, -0.2) is 4.90 Å². The predicted molar refractivity (Wildman–Crippen MR) is 177 cm³/mol. The third-order valence-corrected chi connectivity index (χ3v) is 11.2. The number of aryl methyl sites for hydroxylation is 1. The number of thioether (sulfide) groups is 1. The van der Waals surface area contributed by atoms with Gasteiger partial charge in [0.25, 0.3) is 0 Å². The molecular weight excluding hydrogens is 650 g/mol. The summed E-state index contributed by atoms with van der Waals surface area (Å²) in [5.41, 5.74) is 1.94. The smallest absolute Gasteiger partial charge is 0.372 e. The molecule has 0 bridgehead atoms. The standard InChI is InChI=1S/C34H31F3N4O4S2/c1-4-39(5-2)22-15-13-20(14-16-22)26-27-28(31(44)41(30(27)43)23-11-8-10-21(17-23)34(35,36)37)46-32-29(26)47-33(45)40(32)18-25(42)38-24-12-7-6-9-19(24)3/h6-17,26-28H,4-5,18H2,1-3H3,(H,38,42)/t26-,27?,28?/m1/s1. The van der Waals surface area contributed by atoms with Gasteiger partial charge in [0, 0.05) is 35.3 Å². The van der Waals surface area contributed by atoms with E-state index in [1.807, 2.05) is 57.2 Å². The number of nitrogens with one attached hydrogen (secondary N) is 1.